The van der Waals surface area contributed by atoms with Gasteiger partial charge >= 0.3 is 11.9 Å². The zero-order valence-electron chi connectivity index (χ0n) is 34.9. The molecule has 1 aromatic heterocycles. The maximum absolute atomic E-state index is 15.0. The van der Waals surface area contributed by atoms with Gasteiger partial charge in [-0.2, -0.15) is 0 Å². The molecule has 2 aliphatic heterocycles. The molecule has 2 saturated heterocycles. The van der Waals surface area contributed by atoms with E-state index in [9.17, 15) is 29.1 Å². The Morgan fingerprint density at radius 2 is 1.86 bits per heavy atom. The molecule has 63 heavy (non-hydrogen) atoms. The first-order valence-electron chi connectivity index (χ1n) is 20.5. The SMILES string of the molecule is CN(C=O)c1cc(C(CCN)CCNc2cccc(CSN3CCC(Nc4cc(-c5sc(C(=O)O)c(OCC(=O)O)c5Cl)ccc4F)CC3)c2)ccc1N(C)C1CCC(=O)NC1=O. The summed E-state index contributed by atoms with van der Waals surface area (Å²) in [6, 6.07) is 18.1. The van der Waals surface area contributed by atoms with E-state index >= 15 is 4.39 Å². The molecule has 0 spiro atoms. The van der Waals surface area contributed by atoms with Crippen LogP contribution < -0.4 is 36.2 Å². The van der Waals surface area contributed by atoms with Crippen molar-refractivity contribution in [3.05, 3.63) is 87.5 Å². The number of carboxylic acid groups (broad SMARTS) is 2. The number of halogens is 2. The van der Waals surface area contributed by atoms with Crippen LogP contribution in [0.15, 0.2) is 60.7 Å². The summed E-state index contributed by atoms with van der Waals surface area (Å²) in [5.41, 5.74) is 11.4. The van der Waals surface area contributed by atoms with Crippen molar-refractivity contribution < 1.29 is 43.3 Å². The molecule has 2 fully saturated rings. The quantitative estimate of drug-likeness (QED) is 0.0287. The molecule has 0 bridgehead atoms. The average Bonchev–Trinajstić information content (AvgIpc) is 3.61. The highest BCUT2D eigenvalue weighted by atomic mass is 35.5. The largest absolute Gasteiger partial charge is 0.479 e. The molecular formula is C44H51ClFN7O8S2. The van der Waals surface area contributed by atoms with Gasteiger partial charge < -0.3 is 41.1 Å². The fraction of sp³-hybridized carbons (Fsp3) is 0.386. The highest BCUT2D eigenvalue weighted by Gasteiger charge is 2.32. The number of imide groups is 1. The molecule has 2 unspecified atom stereocenters. The lowest BCUT2D eigenvalue weighted by Gasteiger charge is -2.34. The Balaban J connectivity index is 1.00. The van der Waals surface area contributed by atoms with Crippen molar-refractivity contribution in [2.75, 3.05) is 67.3 Å². The monoisotopic (exact) mass is 923 g/mol. The van der Waals surface area contributed by atoms with Crippen LogP contribution in [0, 0.1) is 5.82 Å². The molecule has 6 rings (SSSR count). The van der Waals surface area contributed by atoms with Gasteiger partial charge in [0.1, 0.15) is 16.9 Å². The zero-order chi connectivity index (χ0) is 45.2. The first-order valence-corrected chi connectivity index (χ1v) is 22.7. The number of benzene rings is 3. The standard InChI is InChI=1S/C44H51ClFN7O8S2/c1-51(25-54)36-22-28(7-9-34(36)52(2)35-10-11-37(55)50-43(35)58)27(12-16-47)13-17-48-31-5-3-4-26(20-31)24-62-53-18-14-30(15-19-53)49-33-21-29(6-8-32(33)46)41-39(45)40(61-23-38(56)57)42(63-41)44(59)60/h3-9,20-22,25,27,30,35,48-49H,10-19,23-24,47H2,1-2H3,(H,56,57)(H,59,60)(H,50,55,58). The van der Waals surface area contributed by atoms with Crippen molar-refractivity contribution in [2.24, 2.45) is 5.73 Å². The molecule has 3 amide bonds. The van der Waals surface area contributed by atoms with Gasteiger partial charge in [0.25, 0.3) is 0 Å². The lowest BCUT2D eigenvalue weighted by molar-refractivity contribution is -0.139. The summed E-state index contributed by atoms with van der Waals surface area (Å²) in [7, 11) is 3.47. The van der Waals surface area contributed by atoms with Crippen molar-refractivity contribution in [3.63, 3.8) is 0 Å². The molecule has 0 radical (unpaired) electrons. The van der Waals surface area contributed by atoms with Crippen molar-refractivity contribution in [1.82, 2.24) is 9.62 Å². The number of carbonyl (C=O) groups excluding carboxylic acids is 3. The molecule has 4 aromatic rings. The number of nitrogens with one attached hydrogen (secondary N) is 3. The van der Waals surface area contributed by atoms with E-state index in [-0.39, 0.29) is 51.5 Å². The molecule has 3 aromatic carbocycles. The number of amides is 3. The van der Waals surface area contributed by atoms with Crippen LogP contribution in [0.25, 0.3) is 10.4 Å². The zero-order valence-corrected chi connectivity index (χ0v) is 37.3. The average molecular weight is 925 g/mol. The van der Waals surface area contributed by atoms with Crippen molar-refractivity contribution >= 4 is 87.8 Å². The molecule has 0 saturated carbocycles. The van der Waals surface area contributed by atoms with Crippen LogP contribution in [0.3, 0.4) is 0 Å². The smallest absolute Gasteiger partial charge is 0.349 e. The summed E-state index contributed by atoms with van der Waals surface area (Å²) in [6.07, 6.45) is 4.45. The predicted molar refractivity (Wildman–Crippen MR) is 246 cm³/mol. The van der Waals surface area contributed by atoms with Gasteiger partial charge in [0.15, 0.2) is 17.2 Å². The van der Waals surface area contributed by atoms with Gasteiger partial charge in [0.2, 0.25) is 18.2 Å². The molecule has 336 valence electrons. The number of piperidine rings is 2. The lowest BCUT2D eigenvalue weighted by atomic mass is 9.91. The number of aromatic carboxylic acids is 1. The summed E-state index contributed by atoms with van der Waals surface area (Å²) in [6.45, 7) is 1.99. The third-order valence-corrected chi connectivity index (χ3v) is 14.0. The van der Waals surface area contributed by atoms with E-state index in [1.54, 1.807) is 32.1 Å². The molecule has 15 nitrogen and oxygen atoms in total. The molecular weight excluding hydrogens is 873 g/mol. The number of carboxylic acids is 2. The van der Waals surface area contributed by atoms with Gasteiger partial charge in [-0.05, 0) is 97.7 Å². The van der Waals surface area contributed by atoms with E-state index in [0.717, 1.165) is 79.1 Å². The van der Waals surface area contributed by atoms with Gasteiger partial charge in [0, 0.05) is 57.6 Å². The minimum Gasteiger partial charge on any atom is -0.479 e. The van der Waals surface area contributed by atoms with E-state index in [1.807, 2.05) is 35.2 Å². The van der Waals surface area contributed by atoms with E-state index < -0.39 is 30.4 Å². The number of thiophene rings is 1. The van der Waals surface area contributed by atoms with Gasteiger partial charge in [-0.15, -0.1) is 11.3 Å². The number of rotatable bonds is 21. The molecule has 0 aliphatic carbocycles. The predicted octanol–water partition coefficient (Wildman–Crippen LogP) is 6.86. The summed E-state index contributed by atoms with van der Waals surface area (Å²) in [5, 5.41) is 27.9. The Bertz CT molecular complexity index is 2310. The Morgan fingerprint density at radius 1 is 1.08 bits per heavy atom. The fourth-order valence-corrected chi connectivity index (χ4v) is 10.2. The summed E-state index contributed by atoms with van der Waals surface area (Å²) in [5.74, 6) is -3.05. The van der Waals surface area contributed by atoms with Crippen LogP contribution >= 0.6 is 34.9 Å². The second kappa shape index (κ2) is 21.8. The molecule has 19 heteroatoms. The second-order valence-corrected chi connectivity index (χ2v) is 17.9. The molecule has 7 N–H and O–H groups in total. The number of hydrogen-bond acceptors (Lipinski definition) is 13. The topological polar surface area (TPSA) is 207 Å². The van der Waals surface area contributed by atoms with Gasteiger partial charge in [-0.3, -0.25) is 24.0 Å². The van der Waals surface area contributed by atoms with Crippen LogP contribution in [0.5, 0.6) is 5.75 Å². The lowest BCUT2D eigenvalue weighted by Crippen LogP contribution is -2.51. The molecule has 2 atom stereocenters. The first-order chi connectivity index (χ1) is 30.3. The first kappa shape index (κ1) is 47.1. The van der Waals surface area contributed by atoms with Gasteiger partial charge in [0.05, 0.1) is 21.9 Å². The van der Waals surface area contributed by atoms with E-state index in [2.05, 4.69) is 32.4 Å². The highest BCUT2D eigenvalue weighted by molar-refractivity contribution is 7.96. The molecule has 3 heterocycles. The number of nitrogens with two attached hydrogens (primary N) is 1. The maximum Gasteiger partial charge on any atom is 0.349 e. The summed E-state index contributed by atoms with van der Waals surface area (Å²) in [4.78, 5) is 62.6. The van der Waals surface area contributed by atoms with Crippen molar-refractivity contribution in [2.45, 2.75) is 62.3 Å². The maximum atomic E-state index is 15.0. The summed E-state index contributed by atoms with van der Waals surface area (Å²) < 4.78 is 22.5. The number of ether oxygens (including phenoxy) is 1. The fourth-order valence-electron chi connectivity index (χ4n) is 7.77. The number of anilines is 4. The number of hydrogen-bond donors (Lipinski definition) is 6. The normalized spacial score (nSPS) is 16.2. The van der Waals surface area contributed by atoms with E-state index in [0.29, 0.717) is 41.3 Å². The molecule has 2 aliphatic rings. The van der Waals surface area contributed by atoms with Crippen LogP contribution in [0.1, 0.15) is 65.2 Å². The van der Waals surface area contributed by atoms with E-state index in [1.165, 1.54) is 17.0 Å². The van der Waals surface area contributed by atoms with Crippen LogP contribution in [-0.2, 0) is 24.9 Å². The van der Waals surface area contributed by atoms with Crippen LogP contribution in [0.4, 0.5) is 27.1 Å². The number of aliphatic carboxylic acids is 1. The Kier molecular flexibility index (Phi) is 16.3. The van der Waals surface area contributed by atoms with Gasteiger partial charge in [-0.1, -0.05) is 47.8 Å². The van der Waals surface area contributed by atoms with Crippen molar-refractivity contribution in [3.8, 4) is 16.2 Å². The highest BCUT2D eigenvalue weighted by Crippen LogP contribution is 2.46. The van der Waals surface area contributed by atoms with Crippen LogP contribution in [0.2, 0.25) is 5.02 Å². The third kappa shape index (κ3) is 12.0. The Hall–Kier alpha value is -5.40. The van der Waals surface area contributed by atoms with Crippen LogP contribution in [-0.4, -0.2) is 104 Å². The minimum atomic E-state index is -1.31. The van der Waals surface area contributed by atoms with E-state index in [4.69, 9.17) is 27.2 Å². The summed E-state index contributed by atoms with van der Waals surface area (Å²) >= 11 is 9.04. The Morgan fingerprint density at radius 3 is 2.56 bits per heavy atom. The van der Waals surface area contributed by atoms with Gasteiger partial charge in [-0.25, -0.2) is 14.0 Å². The second-order valence-electron chi connectivity index (χ2n) is 15.4. The number of nitrogens with zero attached hydrogens (tertiary/aromatic N) is 3. The minimum absolute atomic E-state index is 0.000277. The van der Waals surface area contributed by atoms with Crippen molar-refractivity contribution in [1.29, 1.82) is 0 Å². The number of carbonyl (C=O) groups is 5. The third-order valence-electron chi connectivity index (χ3n) is 11.1. The Labute approximate surface area is 378 Å². The number of likely N-dealkylation sites (N-methyl/N-ethyl adjacent to an activating group) is 1.